The van der Waals surface area contributed by atoms with Crippen molar-refractivity contribution in [1.29, 1.82) is 0 Å². The van der Waals surface area contributed by atoms with Gasteiger partial charge in [0, 0.05) is 36.9 Å². The lowest BCUT2D eigenvalue weighted by Crippen LogP contribution is -2.40. The number of nitrogens with zero attached hydrogens (tertiary/aromatic N) is 2. The quantitative estimate of drug-likeness (QED) is 0.792. The number of aromatic hydroxyl groups is 1. The second-order valence-corrected chi connectivity index (χ2v) is 8.06. The van der Waals surface area contributed by atoms with E-state index in [4.69, 9.17) is 11.6 Å². The molecule has 0 fully saturated rings. The predicted molar refractivity (Wildman–Crippen MR) is 94.8 cm³/mol. The Morgan fingerprint density at radius 2 is 1.96 bits per heavy atom. The first kappa shape index (κ1) is 18.4. The van der Waals surface area contributed by atoms with Crippen LogP contribution in [0.25, 0.3) is 0 Å². The number of pyridine rings is 1. The number of aromatic nitrogens is 1. The molecule has 0 saturated heterocycles. The molecule has 0 spiro atoms. The number of benzene rings is 1. The maximum Gasteiger partial charge on any atom is 0.274 e. The molecule has 0 radical (unpaired) electrons. The molecule has 1 aliphatic heterocycles. The highest BCUT2D eigenvalue weighted by Crippen LogP contribution is 2.21. The first-order valence-electron chi connectivity index (χ1n) is 7.67. The first-order valence-corrected chi connectivity index (χ1v) is 9.53. The monoisotopic (exact) mass is 397 g/mol. The van der Waals surface area contributed by atoms with Gasteiger partial charge in [-0.25, -0.2) is 13.1 Å². The fourth-order valence-corrected chi connectivity index (χ4v) is 4.02. The fourth-order valence-electron chi connectivity index (χ4n) is 2.72. The summed E-state index contributed by atoms with van der Waals surface area (Å²) >= 11 is 5.82. The number of carbonyl (C=O) groups excluding carboxylic acids is 1. The molecule has 1 amide bonds. The van der Waals surface area contributed by atoms with Crippen LogP contribution in [0.5, 0.6) is 5.75 Å². The zero-order valence-corrected chi connectivity index (χ0v) is 15.3. The summed E-state index contributed by atoms with van der Waals surface area (Å²) in [6, 6.07) is 6.89. The lowest BCUT2D eigenvalue weighted by molar-refractivity contribution is 0.0740. The molecule has 10 heteroatoms. The van der Waals surface area contributed by atoms with Gasteiger partial charge in [-0.2, -0.15) is 0 Å². The van der Waals surface area contributed by atoms with Crippen molar-refractivity contribution in [2.24, 2.45) is 0 Å². The van der Waals surface area contributed by atoms with Crippen LogP contribution in [0, 0.1) is 0 Å². The molecule has 0 bridgehead atoms. The number of hydrogen-bond donors (Lipinski definition) is 2. The molecule has 8 nitrogen and oxygen atoms in total. The average Bonchev–Trinajstić information content (AvgIpc) is 2.59. The minimum absolute atomic E-state index is 0.0131. The van der Waals surface area contributed by atoms with Gasteiger partial charge in [0.25, 0.3) is 5.91 Å². The SMILES string of the molecule is CN1CCn2c(CNS(=O)(=O)c3cccc(Cl)c3)cc(=O)c(O)c2C1=O. The predicted octanol–water partition coefficient (Wildman–Crippen LogP) is 0.771. The van der Waals surface area contributed by atoms with E-state index >= 15 is 0 Å². The van der Waals surface area contributed by atoms with Crippen LogP contribution in [-0.2, 0) is 23.1 Å². The number of amides is 1. The molecule has 1 aliphatic rings. The van der Waals surface area contributed by atoms with Crippen molar-refractivity contribution < 1.29 is 18.3 Å². The number of sulfonamides is 1. The highest BCUT2D eigenvalue weighted by molar-refractivity contribution is 7.89. The van der Waals surface area contributed by atoms with Crippen LogP contribution in [0.1, 0.15) is 16.2 Å². The molecule has 138 valence electrons. The molecule has 0 aliphatic carbocycles. The van der Waals surface area contributed by atoms with E-state index < -0.39 is 27.1 Å². The normalized spacial score (nSPS) is 14.4. The maximum absolute atomic E-state index is 12.4. The molecular formula is C16H16ClN3O5S. The van der Waals surface area contributed by atoms with E-state index in [0.29, 0.717) is 13.1 Å². The third kappa shape index (κ3) is 3.33. The van der Waals surface area contributed by atoms with Gasteiger partial charge in [-0.1, -0.05) is 17.7 Å². The number of hydrogen-bond acceptors (Lipinski definition) is 5. The topological polar surface area (TPSA) is 109 Å². The van der Waals surface area contributed by atoms with Crippen LogP contribution in [0.2, 0.25) is 5.02 Å². The summed E-state index contributed by atoms with van der Waals surface area (Å²) in [5.41, 5.74) is -0.588. The number of fused-ring (bicyclic) bond motifs is 1. The summed E-state index contributed by atoms with van der Waals surface area (Å²) in [6.07, 6.45) is 0. The van der Waals surface area contributed by atoms with E-state index in [2.05, 4.69) is 4.72 Å². The van der Waals surface area contributed by atoms with Gasteiger partial charge in [0.15, 0.2) is 11.4 Å². The molecule has 1 aromatic carbocycles. The molecule has 26 heavy (non-hydrogen) atoms. The van der Waals surface area contributed by atoms with Gasteiger partial charge in [0.2, 0.25) is 15.5 Å². The first-order chi connectivity index (χ1) is 12.2. The Hall–Kier alpha value is -2.36. The van der Waals surface area contributed by atoms with Crippen molar-refractivity contribution in [3.63, 3.8) is 0 Å². The van der Waals surface area contributed by atoms with Crippen molar-refractivity contribution in [1.82, 2.24) is 14.2 Å². The smallest absolute Gasteiger partial charge is 0.274 e. The molecular weight excluding hydrogens is 382 g/mol. The van der Waals surface area contributed by atoms with Gasteiger partial charge < -0.3 is 14.6 Å². The van der Waals surface area contributed by atoms with Crippen LogP contribution < -0.4 is 10.2 Å². The molecule has 2 heterocycles. The van der Waals surface area contributed by atoms with E-state index in [1.807, 2.05) is 0 Å². The molecule has 2 N–H and O–H groups in total. The standard InChI is InChI=1S/C16H16ClN3O5S/c1-19-5-6-20-11(8-13(21)15(22)14(20)16(19)23)9-18-26(24,25)12-4-2-3-10(17)7-12/h2-4,7-8,18,22H,5-6,9H2,1H3. The molecule has 3 rings (SSSR count). The Morgan fingerprint density at radius 1 is 1.23 bits per heavy atom. The summed E-state index contributed by atoms with van der Waals surface area (Å²) in [5, 5.41) is 10.2. The molecule has 0 saturated carbocycles. The minimum Gasteiger partial charge on any atom is -0.503 e. The maximum atomic E-state index is 12.4. The zero-order valence-electron chi connectivity index (χ0n) is 13.8. The summed E-state index contributed by atoms with van der Waals surface area (Å²) in [7, 11) is -2.30. The number of nitrogens with one attached hydrogen (secondary N) is 1. The third-order valence-corrected chi connectivity index (χ3v) is 5.76. The second-order valence-electron chi connectivity index (χ2n) is 5.86. The summed E-state index contributed by atoms with van der Waals surface area (Å²) < 4.78 is 28.7. The Bertz CT molecular complexity index is 1050. The Balaban J connectivity index is 1.95. The van der Waals surface area contributed by atoms with Gasteiger partial charge in [-0.15, -0.1) is 0 Å². The summed E-state index contributed by atoms with van der Waals surface area (Å²) in [6.45, 7) is 0.496. The number of rotatable bonds is 4. The highest BCUT2D eigenvalue weighted by Gasteiger charge is 2.28. The number of carbonyl (C=O) groups is 1. The van der Waals surface area contributed by atoms with Crippen molar-refractivity contribution in [3.05, 3.63) is 57.0 Å². The molecule has 1 aromatic heterocycles. The minimum atomic E-state index is -3.86. The lowest BCUT2D eigenvalue weighted by atomic mass is 10.2. The van der Waals surface area contributed by atoms with Crippen LogP contribution in [0.4, 0.5) is 0 Å². The van der Waals surface area contributed by atoms with Gasteiger partial charge in [0.1, 0.15) is 0 Å². The molecule has 2 aromatic rings. The molecule has 0 atom stereocenters. The summed E-state index contributed by atoms with van der Waals surface area (Å²) in [5.74, 6) is -1.13. The second kappa shape index (κ2) is 6.75. The Kier molecular flexibility index (Phi) is 4.78. The van der Waals surface area contributed by atoms with Crippen LogP contribution in [-0.4, -0.2) is 42.5 Å². The largest absolute Gasteiger partial charge is 0.503 e. The van der Waals surface area contributed by atoms with E-state index in [-0.39, 0.29) is 27.9 Å². The van der Waals surface area contributed by atoms with Crippen molar-refractivity contribution >= 4 is 27.5 Å². The summed E-state index contributed by atoms with van der Waals surface area (Å²) in [4.78, 5) is 25.6. The fraction of sp³-hybridized carbons (Fsp3) is 0.250. The van der Waals surface area contributed by atoms with Crippen molar-refractivity contribution in [3.8, 4) is 5.75 Å². The molecule has 0 unspecified atom stereocenters. The third-order valence-electron chi connectivity index (χ3n) is 4.13. The van der Waals surface area contributed by atoms with E-state index in [1.165, 1.54) is 27.7 Å². The van der Waals surface area contributed by atoms with Gasteiger partial charge in [-0.05, 0) is 18.2 Å². The van der Waals surface area contributed by atoms with Gasteiger partial charge in [0.05, 0.1) is 11.4 Å². The van der Waals surface area contributed by atoms with Gasteiger partial charge in [-0.3, -0.25) is 9.59 Å². The van der Waals surface area contributed by atoms with E-state index in [0.717, 1.165) is 6.07 Å². The highest BCUT2D eigenvalue weighted by atomic mass is 35.5. The Morgan fingerprint density at radius 3 is 2.65 bits per heavy atom. The zero-order chi connectivity index (χ0) is 19.1. The van der Waals surface area contributed by atoms with Gasteiger partial charge >= 0.3 is 0 Å². The van der Waals surface area contributed by atoms with Crippen LogP contribution >= 0.6 is 11.6 Å². The van der Waals surface area contributed by atoms with Crippen molar-refractivity contribution in [2.75, 3.05) is 13.6 Å². The number of halogens is 1. The lowest BCUT2D eigenvalue weighted by Gasteiger charge is -2.29. The number of likely N-dealkylation sites (N-methyl/N-ethyl adjacent to an activating group) is 1. The van der Waals surface area contributed by atoms with E-state index in [1.54, 1.807) is 13.1 Å². The van der Waals surface area contributed by atoms with Crippen LogP contribution in [0.3, 0.4) is 0 Å². The van der Waals surface area contributed by atoms with Crippen LogP contribution in [0.15, 0.2) is 40.0 Å². The Labute approximate surface area is 154 Å². The average molecular weight is 398 g/mol. The van der Waals surface area contributed by atoms with Crippen molar-refractivity contribution in [2.45, 2.75) is 18.0 Å². The van der Waals surface area contributed by atoms with E-state index in [9.17, 15) is 23.1 Å².